The molecule has 2 rings (SSSR count). The van der Waals surface area contributed by atoms with Crippen molar-refractivity contribution in [3.63, 3.8) is 0 Å². The minimum Gasteiger partial charge on any atom is -0.462 e. The number of hydrogen-bond donors (Lipinski definition) is 1. The summed E-state index contributed by atoms with van der Waals surface area (Å²) >= 11 is 0. The highest BCUT2D eigenvalue weighted by Gasteiger charge is 2.19. The van der Waals surface area contributed by atoms with E-state index in [0.29, 0.717) is 39.6 Å². The van der Waals surface area contributed by atoms with Crippen LogP contribution >= 0.6 is 0 Å². The highest BCUT2D eigenvalue weighted by molar-refractivity contribution is 6.00. The number of aromatic nitrogens is 2. The van der Waals surface area contributed by atoms with Crippen LogP contribution in [0.3, 0.4) is 0 Å². The lowest BCUT2D eigenvalue weighted by Gasteiger charge is -2.13. The van der Waals surface area contributed by atoms with E-state index in [0.717, 1.165) is 0 Å². The number of H-pyrrole nitrogens is 1. The third-order valence-electron chi connectivity index (χ3n) is 3.37. The van der Waals surface area contributed by atoms with Gasteiger partial charge in [0.05, 0.1) is 17.6 Å². The van der Waals surface area contributed by atoms with Gasteiger partial charge in [0, 0.05) is 5.39 Å². The molecule has 1 N–H and O–H groups in total. The Kier molecular flexibility index (Phi) is 4.55. The summed E-state index contributed by atoms with van der Waals surface area (Å²) in [5.74, 6) is -0.471. The highest BCUT2D eigenvalue weighted by atomic mass is 16.5. The van der Waals surface area contributed by atoms with Crippen LogP contribution in [-0.4, -0.2) is 29.2 Å². The fourth-order valence-electron chi connectivity index (χ4n) is 2.48. The molecule has 0 aliphatic carbocycles. The van der Waals surface area contributed by atoms with Crippen molar-refractivity contribution in [2.24, 2.45) is 0 Å². The van der Waals surface area contributed by atoms with Gasteiger partial charge < -0.3 is 9.47 Å². The molecule has 1 aromatic heterocycles. The van der Waals surface area contributed by atoms with Gasteiger partial charge in [-0.05, 0) is 38.0 Å². The number of nitrogens with zero attached hydrogens (tertiary/aromatic N) is 1. The minimum absolute atomic E-state index is 0.0611. The van der Waals surface area contributed by atoms with E-state index in [4.69, 9.17) is 9.47 Å². The fourth-order valence-corrected chi connectivity index (χ4v) is 2.48. The second-order valence-electron chi connectivity index (χ2n) is 4.74. The first-order valence-electron chi connectivity index (χ1n) is 6.75. The van der Waals surface area contributed by atoms with Gasteiger partial charge in [0.15, 0.2) is 0 Å². The molecule has 0 fully saturated rings. The number of esters is 1. The Morgan fingerprint density at radius 3 is 2.77 bits per heavy atom. The number of carbonyl (C=O) groups is 2. The van der Waals surface area contributed by atoms with Crippen molar-refractivity contribution >= 4 is 23.2 Å². The van der Waals surface area contributed by atoms with Gasteiger partial charge in [0.1, 0.15) is 12.3 Å². The maximum atomic E-state index is 12.1. The second kappa shape index (κ2) is 6.38. The van der Waals surface area contributed by atoms with E-state index in [2.05, 4.69) is 10.2 Å². The molecule has 0 aliphatic rings. The van der Waals surface area contributed by atoms with Crippen LogP contribution in [0.4, 0.5) is 0 Å². The summed E-state index contributed by atoms with van der Waals surface area (Å²) in [7, 11) is 0. The molecule has 1 heterocycles. The molecule has 0 spiro atoms. The van der Waals surface area contributed by atoms with Crippen LogP contribution in [0.2, 0.25) is 0 Å². The van der Waals surface area contributed by atoms with Crippen LogP contribution in [-0.2, 0) is 20.9 Å². The van der Waals surface area contributed by atoms with Gasteiger partial charge in [0.2, 0.25) is 0 Å². The van der Waals surface area contributed by atoms with Gasteiger partial charge in [-0.25, -0.2) is 9.89 Å². The highest BCUT2D eigenvalue weighted by Crippen LogP contribution is 2.25. The molecule has 22 heavy (non-hydrogen) atoms. The summed E-state index contributed by atoms with van der Waals surface area (Å²) < 4.78 is 9.74. The molecule has 0 atom stereocenters. The van der Waals surface area contributed by atoms with Gasteiger partial charge in [-0.1, -0.05) is 0 Å². The predicted octanol–water partition coefficient (Wildman–Crippen LogP) is 1.39. The van der Waals surface area contributed by atoms with Crippen LogP contribution in [0.15, 0.2) is 10.9 Å². The first-order chi connectivity index (χ1) is 10.5. The summed E-state index contributed by atoms with van der Waals surface area (Å²) in [4.78, 5) is 34.5. The molecule has 2 aromatic rings. The Labute approximate surface area is 126 Å². The van der Waals surface area contributed by atoms with Gasteiger partial charge in [-0.2, -0.15) is 5.10 Å². The minimum atomic E-state index is -0.471. The van der Waals surface area contributed by atoms with Crippen molar-refractivity contribution in [2.45, 2.75) is 27.4 Å². The number of hydrogen-bond acceptors (Lipinski definition) is 6. The number of nitrogens with one attached hydrogen (secondary N) is 1. The van der Waals surface area contributed by atoms with E-state index in [9.17, 15) is 14.4 Å². The van der Waals surface area contributed by atoms with Gasteiger partial charge in [-0.15, -0.1) is 0 Å². The van der Waals surface area contributed by atoms with E-state index in [1.54, 1.807) is 26.8 Å². The average Bonchev–Trinajstić information content (AvgIpc) is 2.46. The number of benzene rings is 1. The number of carbonyl (C=O) groups excluding carboxylic acids is 2. The van der Waals surface area contributed by atoms with Crippen LogP contribution in [0.1, 0.15) is 34.1 Å². The molecule has 116 valence electrons. The number of aromatic amines is 1. The summed E-state index contributed by atoms with van der Waals surface area (Å²) in [5, 5.41) is 7.15. The van der Waals surface area contributed by atoms with Crippen molar-refractivity contribution in [3.8, 4) is 0 Å². The fraction of sp³-hybridized carbons (Fsp3) is 0.333. The standard InChI is InChI=1S/C15H16N2O5/c1-4-22-15(20)12-8(2)5-10-11(6-21-7-18)16-17-14(19)13(10)9(12)3/h5,7H,4,6H2,1-3H3,(H,17,19). The molecule has 0 aliphatic heterocycles. The van der Waals surface area contributed by atoms with Gasteiger partial charge >= 0.3 is 5.97 Å². The number of aryl methyl sites for hydroxylation is 2. The Bertz CT molecular complexity index is 795. The lowest BCUT2D eigenvalue weighted by molar-refractivity contribution is -0.129. The number of fused-ring (bicyclic) bond motifs is 1. The monoisotopic (exact) mass is 304 g/mol. The molecule has 0 bridgehead atoms. The van der Waals surface area contributed by atoms with Crippen molar-refractivity contribution in [2.75, 3.05) is 6.61 Å². The number of ether oxygens (including phenoxy) is 2. The van der Waals surface area contributed by atoms with Crippen LogP contribution < -0.4 is 5.56 Å². The molecular formula is C15H16N2O5. The predicted molar refractivity (Wildman–Crippen MR) is 78.6 cm³/mol. The Balaban J connectivity index is 2.75. The molecule has 0 unspecified atom stereocenters. The molecule has 0 saturated carbocycles. The maximum Gasteiger partial charge on any atom is 0.338 e. The van der Waals surface area contributed by atoms with Crippen LogP contribution in [0, 0.1) is 13.8 Å². The molecular weight excluding hydrogens is 288 g/mol. The van der Waals surface area contributed by atoms with Crippen molar-refractivity contribution in [1.29, 1.82) is 0 Å². The summed E-state index contributed by atoms with van der Waals surface area (Å²) in [5.41, 5.74) is 1.57. The summed E-state index contributed by atoms with van der Waals surface area (Å²) in [6.45, 7) is 5.65. The molecule has 0 saturated heterocycles. The van der Waals surface area contributed by atoms with Crippen LogP contribution in [0.25, 0.3) is 10.8 Å². The third-order valence-corrected chi connectivity index (χ3v) is 3.37. The topological polar surface area (TPSA) is 98.3 Å². The summed E-state index contributed by atoms with van der Waals surface area (Å²) in [6.07, 6.45) is 0. The third kappa shape index (κ3) is 2.69. The lowest BCUT2D eigenvalue weighted by atomic mass is 9.96. The number of rotatable bonds is 5. The molecule has 7 nitrogen and oxygen atoms in total. The van der Waals surface area contributed by atoms with E-state index in [1.807, 2.05) is 0 Å². The summed E-state index contributed by atoms with van der Waals surface area (Å²) in [6, 6.07) is 1.68. The lowest BCUT2D eigenvalue weighted by Crippen LogP contribution is -2.17. The second-order valence-corrected chi connectivity index (χ2v) is 4.74. The van der Waals surface area contributed by atoms with Gasteiger partial charge in [0.25, 0.3) is 12.0 Å². The first-order valence-corrected chi connectivity index (χ1v) is 6.75. The average molecular weight is 304 g/mol. The first kappa shape index (κ1) is 15.7. The zero-order chi connectivity index (χ0) is 16.3. The molecule has 1 aromatic carbocycles. The SMILES string of the molecule is CCOC(=O)c1c(C)cc2c(COC=O)n[nH]c(=O)c2c1C. The van der Waals surface area contributed by atoms with Crippen molar-refractivity contribution in [1.82, 2.24) is 10.2 Å². The van der Waals surface area contributed by atoms with Crippen LogP contribution in [0.5, 0.6) is 0 Å². The zero-order valence-corrected chi connectivity index (χ0v) is 12.6. The molecule has 0 amide bonds. The van der Waals surface area contributed by atoms with E-state index in [-0.39, 0.29) is 13.2 Å². The largest absolute Gasteiger partial charge is 0.462 e. The Morgan fingerprint density at radius 1 is 1.41 bits per heavy atom. The van der Waals surface area contributed by atoms with Crippen molar-refractivity contribution < 1.29 is 19.1 Å². The maximum absolute atomic E-state index is 12.1. The normalized spacial score (nSPS) is 10.5. The zero-order valence-electron chi connectivity index (χ0n) is 12.6. The smallest absolute Gasteiger partial charge is 0.338 e. The van der Waals surface area contributed by atoms with Gasteiger partial charge in [-0.3, -0.25) is 9.59 Å². The van der Waals surface area contributed by atoms with E-state index >= 15 is 0 Å². The Hall–Kier alpha value is -2.70. The van der Waals surface area contributed by atoms with Crippen molar-refractivity contribution in [3.05, 3.63) is 38.8 Å². The Morgan fingerprint density at radius 2 is 2.14 bits per heavy atom. The molecule has 7 heteroatoms. The molecule has 0 radical (unpaired) electrons. The quantitative estimate of drug-likeness (QED) is 0.662. The van der Waals surface area contributed by atoms with E-state index in [1.165, 1.54) is 0 Å². The van der Waals surface area contributed by atoms with E-state index < -0.39 is 11.5 Å².